The number of aryl methyl sites for hydroxylation is 1. The lowest BCUT2D eigenvalue weighted by Crippen LogP contribution is -1.97. The van der Waals surface area contributed by atoms with Crippen molar-refractivity contribution in [3.05, 3.63) is 65.5 Å². The Morgan fingerprint density at radius 1 is 0.882 bits per heavy atom. The van der Waals surface area contributed by atoms with Gasteiger partial charge in [-0.3, -0.25) is 0 Å². The zero-order valence-corrected chi connectivity index (χ0v) is 10.4. The monoisotopic (exact) mass is 226 g/mol. The average molecular weight is 226 g/mol. The van der Waals surface area contributed by atoms with Crippen LogP contribution in [-0.4, -0.2) is 0 Å². The first-order valence-electron chi connectivity index (χ1n) is 6.01. The highest BCUT2D eigenvalue weighted by Gasteiger charge is 2.02. The lowest BCUT2D eigenvalue weighted by molar-refractivity contribution is 0.403. The fourth-order valence-corrected chi connectivity index (χ4v) is 1.71. The van der Waals surface area contributed by atoms with Crippen LogP contribution in [0.3, 0.4) is 0 Å². The molecule has 1 heteroatoms. The Kier molecular flexibility index (Phi) is 3.81. The summed E-state index contributed by atoms with van der Waals surface area (Å²) in [5.74, 6) is 1.94. The van der Waals surface area contributed by atoms with Gasteiger partial charge in [-0.05, 0) is 38.5 Å². The van der Waals surface area contributed by atoms with Crippen LogP contribution in [0.15, 0.2) is 59.9 Å². The van der Waals surface area contributed by atoms with Gasteiger partial charge in [0.25, 0.3) is 0 Å². The van der Waals surface area contributed by atoms with Gasteiger partial charge in [0.05, 0.1) is 0 Å². The Morgan fingerprint density at radius 2 is 1.59 bits per heavy atom. The molecular weight excluding hydrogens is 208 g/mol. The molecule has 1 aromatic carbocycles. The minimum absolute atomic E-state index is 0.914. The van der Waals surface area contributed by atoms with E-state index in [-0.39, 0.29) is 0 Å². The molecular formula is C16H18O. The van der Waals surface area contributed by atoms with Crippen molar-refractivity contribution in [2.24, 2.45) is 0 Å². The molecule has 0 saturated carbocycles. The van der Waals surface area contributed by atoms with Gasteiger partial charge < -0.3 is 4.74 Å². The van der Waals surface area contributed by atoms with Crippen molar-refractivity contribution in [3.63, 3.8) is 0 Å². The van der Waals surface area contributed by atoms with E-state index in [1.54, 1.807) is 0 Å². The highest BCUT2D eigenvalue weighted by atomic mass is 16.5. The molecule has 0 bridgehead atoms. The predicted octanol–water partition coefficient (Wildman–Crippen LogP) is 4.55. The smallest absolute Gasteiger partial charge is 0.126 e. The first-order valence-corrected chi connectivity index (χ1v) is 6.01. The Labute approximate surface area is 103 Å². The van der Waals surface area contributed by atoms with E-state index in [0.29, 0.717) is 0 Å². The second-order valence-corrected chi connectivity index (χ2v) is 4.45. The van der Waals surface area contributed by atoms with Crippen LogP contribution < -0.4 is 4.74 Å². The summed E-state index contributed by atoms with van der Waals surface area (Å²) in [7, 11) is 0. The Balaban J connectivity index is 2.06. The maximum Gasteiger partial charge on any atom is 0.126 e. The van der Waals surface area contributed by atoms with Crippen molar-refractivity contribution >= 4 is 0 Å². The molecule has 0 saturated heterocycles. The summed E-state index contributed by atoms with van der Waals surface area (Å²) in [6.07, 6.45) is 10.3. The van der Waals surface area contributed by atoms with E-state index in [9.17, 15) is 0 Å². The van der Waals surface area contributed by atoms with Crippen LogP contribution in [-0.2, 0) is 0 Å². The third kappa shape index (κ3) is 3.63. The molecule has 88 valence electrons. The number of hydrogen-bond acceptors (Lipinski definition) is 1. The van der Waals surface area contributed by atoms with Gasteiger partial charge in [0.2, 0.25) is 0 Å². The molecule has 1 nitrogen and oxygen atoms in total. The predicted molar refractivity (Wildman–Crippen MR) is 72.0 cm³/mol. The second-order valence-electron chi connectivity index (χ2n) is 4.45. The van der Waals surface area contributed by atoms with Crippen molar-refractivity contribution in [1.29, 1.82) is 0 Å². The number of benzene rings is 1. The van der Waals surface area contributed by atoms with Crippen molar-refractivity contribution in [2.75, 3.05) is 0 Å². The molecule has 0 spiro atoms. The largest absolute Gasteiger partial charge is 0.462 e. The highest BCUT2D eigenvalue weighted by molar-refractivity contribution is 5.29. The molecule has 0 unspecified atom stereocenters. The molecule has 1 aliphatic rings. The van der Waals surface area contributed by atoms with Gasteiger partial charge in [-0.25, -0.2) is 0 Å². The van der Waals surface area contributed by atoms with Gasteiger partial charge in [-0.2, -0.15) is 0 Å². The van der Waals surface area contributed by atoms with Gasteiger partial charge in [0.15, 0.2) is 0 Å². The van der Waals surface area contributed by atoms with E-state index in [1.165, 1.54) is 11.1 Å². The number of hydrogen-bond donors (Lipinski definition) is 0. The molecule has 0 amide bonds. The van der Waals surface area contributed by atoms with E-state index in [4.69, 9.17) is 4.74 Å². The molecule has 0 aromatic heterocycles. The summed E-state index contributed by atoms with van der Waals surface area (Å²) < 4.78 is 5.88. The first-order chi connectivity index (χ1) is 8.24. The van der Waals surface area contributed by atoms with E-state index in [2.05, 4.69) is 38.1 Å². The van der Waals surface area contributed by atoms with Crippen LogP contribution in [0.4, 0.5) is 0 Å². The molecule has 0 heterocycles. The molecule has 0 fully saturated rings. The summed E-state index contributed by atoms with van der Waals surface area (Å²) in [5.41, 5.74) is 2.64. The van der Waals surface area contributed by atoms with Gasteiger partial charge in [-0.15, -0.1) is 0 Å². The summed E-state index contributed by atoms with van der Waals surface area (Å²) in [6.45, 7) is 4.23. The standard InChI is InChI=1S/C16H18O/c1-13-5-3-4-6-15(10-7-13)17-16-11-8-14(2)9-12-16/h3-6,8-9,11-12H,7,10H2,1-2H3/b4-3-,13-5+,15-6+. The van der Waals surface area contributed by atoms with Gasteiger partial charge in [0, 0.05) is 6.42 Å². The van der Waals surface area contributed by atoms with E-state index < -0.39 is 0 Å². The summed E-state index contributed by atoms with van der Waals surface area (Å²) in [6, 6.07) is 8.17. The van der Waals surface area contributed by atoms with Crippen LogP contribution in [0, 0.1) is 6.92 Å². The maximum atomic E-state index is 5.88. The molecule has 17 heavy (non-hydrogen) atoms. The molecule has 2 rings (SSSR count). The van der Waals surface area contributed by atoms with Crippen LogP contribution in [0.5, 0.6) is 5.75 Å². The minimum atomic E-state index is 0.914. The van der Waals surface area contributed by atoms with Gasteiger partial charge in [-0.1, -0.05) is 41.5 Å². The Morgan fingerprint density at radius 3 is 2.35 bits per heavy atom. The average Bonchev–Trinajstić information content (AvgIpc) is 2.31. The number of allylic oxidation sites excluding steroid dienone is 6. The maximum absolute atomic E-state index is 5.88. The Hall–Kier alpha value is -1.76. The zero-order chi connectivity index (χ0) is 12.1. The van der Waals surface area contributed by atoms with Gasteiger partial charge in [0.1, 0.15) is 11.5 Å². The van der Waals surface area contributed by atoms with E-state index in [1.807, 2.05) is 24.3 Å². The summed E-state index contributed by atoms with van der Waals surface area (Å²) in [4.78, 5) is 0. The van der Waals surface area contributed by atoms with E-state index in [0.717, 1.165) is 24.4 Å². The van der Waals surface area contributed by atoms with Crippen molar-refractivity contribution < 1.29 is 4.74 Å². The third-order valence-corrected chi connectivity index (χ3v) is 2.81. The SMILES string of the molecule is C\C1=C/C=C\C=C(\Oc2ccc(C)cc2)CC1. The fraction of sp³-hybridized carbons (Fsp3) is 0.250. The molecule has 1 aliphatic carbocycles. The quantitative estimate of drug-likeness (QED) is 0.718. The van der Waals surface area contributed by atoms with Gasteiger partial charge >= 0.3 is 0 Å². The molecule has 0 aliphatic heterocycles. The van der Waals surface area contributed by atoms with Crippen LogP contribution in [0.1, 0.15) is 25.3 Å². The zero-order valence-electron chi connectivity index (χ0n) is 10.4. The first kappa shape index (κ1) is 11.7. The molecule has 0 atom stereocenters. The van der Waals surface area contributed by atoms with Crippen molar-refractivity contribution in [3.8, 4) is 5.75 Å². The van der Waals surface area contributed by atoms with Crippen LogP contribution in [0.25, 0.3) is 0 Å². The highest BCUT2D eigenvalue weighted by Crippen LogP contribution is 2.20. The number of rotatable bonds is 2. The lowest BCUT2D eigenvalue weighted by Gasteiger charge is -2.11. The topological polar surface area (TPSA) is 9.23 Å². The Bertz CT molecular complexity index is 461. The van der Waals surface area contributed by atoms with Crippen LogP contribution in [0.2, 0.25) is 0 Å². The third-order valence-electron chi connectivity index (χ3n) is 2.81. The lowest BCUT2D eigenvalue weighted by atomic mass is 10.1. The number of ether oxygens (including phenoxy) is 1. The molecule has 1 aromatic rings. The fourth-order valence-electron chi connectivity index (χ4n) is 1.71. The van der Waals surface area contributed by atoms with Crippen molar-refractivity contribution in [2.45, 2.75) is 26.7 Å². The second kappa shape index (κ2) is 5.53. The van der Waals surface area contributed by atoms with Crippen molar-refractivity contribution in [1.82, 2.24) is 0 Å². The minimum Gasteiger partial charge on any atom is -0.462 e. The normalized spacial score (nSPS) is 23.6. The summed E-state index contributed by atoms with van der Waals surface area (Å²) >= 11 is 0. The van der Waals surface area contributed by atoms with E-state index >= 15 is 0 Å². The summed E-state index contributed by atoms with van der Waals surface area (Å²) in [5, 5.41) is 0. The molecule has 0 radical (unpaired) electrons. The molecule has 0 N–H and O–H groups in total. The van der Waals surface area contributed by atoms with Crippen LogP contribution >= 0.6 is 0 Å².